The maximum atomic E-state index is 11.1. The average Bonchev–Trinajstić information content (AvgIpc) is 1.99. The van der Waals surface area contributed by atoms with E-state index in [1.165, 1.54) is 13.8 Å². The van der Waals surface area contributed by atoms with E-state index in [1.807, 2.05) is 0 Å². The van der Waals surface area contributed by atoms with E-state index >= 15 is 0 Å². The van der Waals surface area contributed by atoms with Crippen molar-refractivity contribution in [2.45, 2.75) is 32.9 Å². The maximum absolute atomic E-state index is 11.1. The lowest BCUT2D eigenvalue weighted by atomic mass is 10.2. The molecule has 2 atom stereocenters. The Bertz CT molecular complexity index is 191. The van der Waals surface area contributed by atoms with Crippen LogP contribution >= 0.6 is 0 Å². The molecule has 0 aromatic rings. The van der Waals surface area contributed by atoms with E-state index in [0.717, 1.165) is 0 Å². The zero-order valence-corrected chi connectivity index (χ0v) is 8.03. The van der Waals surface area contributed by atoms with Crippen LogP contribution in [-0.2, 0) is 14.3 Å². The molecule has 5 heteroatoms. The van der Waals surface area contributed by atoms with E-state index in [1.54, 1.807) is 6.92 Å². The molecular formula is C8H15NO4. The van der Waals surface area contributed by atoms with Crippen LogP contribution in [0.15, 0.2) is 0 Å². The molecular weight excluding hydrogens is 174 g/mol. The van der Waals surface area contributed by atoms with Gasteiger partial charge < -0.3 is 15.2 Å². The lowest BCUT2D eigenvalue weighted by Crippen LogP contribution is -2.47. The summed E-state index contributed by atoms with van der Waals surface area (Å²) in [6, 6.07) is -0.975. The van der Waals surface area contributed by atoms with Crippen molar-refractivity contribution >= 4 is 11.9 Å². The largest absolute Gasteiger partial charge is 0.464 e. The highest BCUT2D eigenvalue weighted by Crippen LogP contribution is 1.96. The van der Waals surface area contributed by atoms with Crippen LogP contribution < -0.4 is 5.32 Å². The molecule has 0 heterocycles. The fraction of sp³-hybridized carbons (Fsp3) is 0.750. The Balaban J connectivity index is 4.24. The predicted octanol–water partition coefficient (Wildman–Crippen LogP) is -0.565. The van der Waals surface area contributed by atoms with Gasteiger partial charge in [0.1, 0.15) is 0 Å². The third-order valence-electron chi connectivity index (χ3n) is 1.38. The van der Waals surface area contributed by atoms with Gasteiger partial charge in [0.25, 0.3) is 0 Å². The molecule has 0 rings (SSSR count). The molecule has 13 heavy (non-hydrogen) atoms. The standard InChI is InChI=1S/C8H15NO4/c1-4-13-8(12)7(5(2)10)9-6(3)11/h5,7,10H,4H2,1-3H3,(H,9,11)/t5-,7?/m0/s1. The van der Waals surface area contributed by atoms with Crippen LogP contribution in [-0.4, -0.2) is 35.7 Å². The molecule has 76 valence electrons. The van der Waals surface area contributed by atoms with Gasteiger partial charge in [-0.15, -0.1) is 0 Å². The third kappa shape index (κ3) is 4.47. The third-order valence-corrected chi connectivity index (χ3v) is 1.38. The van der Waals surface area contributed by atoms with Crippen molar-refractivity contribution in [3.63, 3.8) is 0 Å². The first-order valence-corrected chi connectivity index (χ1v) is 4.10. The molecule has 0 fully saturated rings. The van der Waals surface area contributed by atoms with Gasteiger partial charge in [0.15, 0.2) is 6.04 Å². The highest BCUT2D eigenvalue weighted by molar-refractivity contribution is 5.83. The average molecular weight is 189 g/mol. The predicted molar refractivity (Wildman–Crippen MR) is 45.9 cm³/mol. The Hall–Kier alpha value is -1.10. The summed E-state index contributed by atoms with van der Waals surface area (Å²) in [5, 5.41) is 11.4. The van der Waals surface area contributed by atoms with Crippen molar-refractivity contribution in [3.05, 3.63) is 0 Å². The van der Waals surface area contributed by atoms with Gasteiger partial charge in [-0.05, 0) is 13.8 Å². The van der Waals surface area contributed by atoms with Crippen molar-refractivity contribution in [1.29, 1.82) is 0 Å². The number of carbonyl (C=O) groups is 2. The van der Waals surface area contributed by atoms with Gasteiger partial charge in [-0.25, -0.2) is 4.79 Å². The van der Waals surface area contributed by atoms with Gasteiger partial charge in [-0.1, -0.05) is 0 Å². The Morgan fingerprint density at radius 2 is 2.08 bits per heavy atom. The number of amides is 1. The van der Waals surface area contributed by atoms with Crippen molar-refractivity contribution in [2.24, 2.45) is 0 Å². The number of carbonyl (C=O) groups excluding carboxylic acids is 2. The molecule has 0 bridgehead atoms. The molecule has 2 N–H and O–H groups in total. The number of aliphatic hydroxyl groups excluding tert-OH is 1. The minimum atomic E-state index is -0.975. The van der Waals surface area contributed by atoms with E-state index in [2.05, 4.69) is 10.1 Å². The molecule has 0 spiro atoms. The number of aliphatic hydroxyl groups is 1. The SMILES string of the molecule is CCOC(=O)C(NC(C)=O)[C@H](C)O. The Morgan fingerprint density at radius 1 is 1.54 bits per heavy atom. The van der Waals surface area contributed by atoms with Crippen LogP contribution in [0.2, 0.25) is 0 Å². The molecule has 0 aromatic carbocycles. The van der Waals surface area contributed by atoms with E-state index in [0.29, 0.717) is 0 Å². The smallest absolute Gasteiger partial charge is 0.331 e. The molecule has 0 aliphatic rings. The highest BCUT2D eigenvalue weighted by Gasteiger charge is 2.25. The van der Waals surface area contributed by atoms with E-state index in [-0.39, 0.29) is 12.5 Å². The molecule has 0 aliphatic carbocycles. The van der Waals surface area contributed by atoms with Gasteiger partial charge in [0.2, 0.25) is 5.91 Å². The van der Waals surface area contributed by atoms with Gasteiger partial charge >= 0.3 is 5.97 Å². The molecule has 5 nitrogen and oxygen atoms in total. The molecule has 0 saturated carbocycles. The van der Waals surface area contributed by atoms with Crippen LogP contribution in [0.5, 0.6) is 0 Å². The monoisotopic (exact) mass is 189 g/mol. The minimum absolute atomic E-state index is 0.224. The summed E-state index contributed by atoms with van der Waals surface area (Å²) < 4.78 is 4.65. The summed E-state index contributed by atoms with van der Waals surface area (Å²) >= 11 is 0. The Morgan fingerprint density at radius 3 is 2.38 bits per heavy atom. The van der Waals surface area contributed by atoms with Crippen LogP contribution in [0.1, 0.15) is 20.8 Å². The van der Waals surface area contributed by atoms with Gasteiger partial charge in [0, 0.05) is 6.92 Å². The highest BCUT2D eigenvalue weighted by atomic mass is 16.5. The van der Waals surface area contributed by atoms with Gasteiger partial charge in [0.05, 0.1) is 12.7 Å². The quantitative estimate of drug-likeness (QED) is 0.581. The first-order chi connectivity index (χ1) is 5.99. The summed E-state index contributed by atoms with van der Waals surface area (Å²) in [5.74, 6) is -0.994. The summed E-state index contributed by atoms with van der Waals surface area (Å²) in [6.07, 6.45) is -0.956. The van der Waals surface area contributed by atoms with Crippen LogP contribution in [0.4, 0.5) is 0 Å². The van der Waals surface area contributed by atoms with Crippen molar-refractivity contribution in [3.8, 4) is 0 Å². The lowest BCUT2D eigenvalue weighted by molar-refractivity contribution is -0.150. The molecule has 0 aliphatic heterocycles. The second-order valence-electron chi connectivity index (χ2n) is 2.67. The zero-order chi connectivity index (χ0) is 10.4. The van der Waals surface area contributed by atoms with E-state index in [9.17, 15) is 9.59 Å². The zero-order valence-electron chi connectivity index (χ0n) is 8.03. The van der Waals surface area contributed by atoms with E-state index < -0.39 is 18.1 Å². The summed E-state index contributed by atoms with van der Waals surface area (Å²) in [6.45, 7) is 4.57. The Kier molecular flexibility index (Phi) is 5.06. The van der Waals surface area contributed by atoms with Crippen molar-refractivity contribution < 1.29 is 19.4 Å². The second kappa shape index (κ2) is 5.53. The Labute approximate surface area is 77.1 Å². The number of hydrogen-bond donors (Lipinski definition) is 2. The second-order valence-corrected chi connectivity index (χ2v) is 2.67. The van der Waals surface area contributed by atoms with Crippen LogP contribution in [0, 0.1) is 0 Å². The molecule has 1 amide bonds. The first kappa shape index (κ1) is 11.9. The lowest BCUT2D eigenvalue weighted by Gasteiger charge is -2.18. The summed E-state index contributed by atoms with van der Waals surface area (Å²) in [7, 11) is 0. The molecule has 1 unspecified atom stereocenters. The molecule has 0 radical (unpaired) electrons. The van der Waals surface area contributed by atoms with Gasteiger partial charge in [-0.2, -0.15) is 0 Å². The number of ether oxygens (including phenoxy) is 1. The van der Waals surface area contributed by atoms with Crippen molar-refractivity contribution in [2.75, 3.05) is 6.61 Å². The maximum Gasteiger partial charge on any atom is 0.331 e. The number of rotatable bonds is 4. The fourth-order valence-electron chi connectivity index (χ4n) is 0.827. The van der Waals surface area contributed by atoms with Crippen LogP contribution in [0.25, 0.3) is 0 Å². The number of nitrogens with one attached hydrogen (secondary N) is 1. The molecule has 0 saturated heterocycles. The number of hydrogen-bond acceptors (Lipinski definition) is 4. The minimum Gasteiger partial charge on any atom is -0.464 e. The number of esters is 1. The molecule has 0 aromatic heterocycles. The van der Waals surface area contributed by atoms with Crippen LogP contribution in [0.3, 0.4) is 0 Å². The van der Waals surface area contributed by atoms with E-state index in [4.69, 9.17) is 5.11 Å². The van der Waals surface area contributed by atoms with Gasteiger partial charge in [-0.3, -0.25) is 4.79 Å². The fourth-order valence-corrected chi connectivity index (χ4v) is 0.827. The summed E-state index contributed by atoms with van der Waals surface area (Å²) in [5.41, 5.74) is 0. The normalized spacial score (nSPS) is 14.5. The first-order valence-electron chi connectivity index (χ1n) is 4.10. The van der Waals surface area contributed by atoms with Crippen molar-refractivity contribution in [1.82, 2.24) is 5.32 Å². The topological polar surface area (TPSA) is 75.6 Å². The summed E-state index contributed by atoms with van der Waals surface area (Å²) in [4.78, 5) is 21.8.